The Kier molecular flexibility index (Phi) is 7.44. The van der Waals surface area contributed by atoms with E-state index in [0.717, 1.165) is 18.7 Å². The highest BCUT2D eigenvalue weighted by molar-refractivity contribution is 7.79. The lowest BCUT2D eigenvalue weighted by Crippen LogP contribution is -2.03. The van der Waals surface area contributed by atoms with Gasteiger partial charge in [-0.2, -0.15) is 12.6 Å². The van der Waals surface area contributed by atoms with E-state index in [1.165, 1.54) is 6.20 Å². The third kappa shape index (κ3) is 5.27. The molecule has 0 aliphatic rings. The maximum absolute atomic E-state index is 10.6. The van der Waals surface area contributed by atoms with Crippen molar-refractivity contribution in [1.29, 1.82) is 0 Å². The normalized spacial score (nSPS) is 8.73. The lowest BCUT2D eigenvalue weighted by atomic mass is 10.2. The molecule has 4 nitrogen and oxygen atoms in total. The van der Waals surface area contributed by atoms with E-state index in [1.807, 2.05) is 6.92 Å². The van der Waals surface area contributed by atoms with E-state index in [1.54, 1.807) is 18.5 Å². The molecule has 0 radical (unpaired) electrons. The largest absolute Gasteiger partial charge is 0.478 e. The third-order valence-electron chi connectivity index (χ3n) is 1.56. The molecular weight excluding hydrogens is 212 g/mol. The Bertz CT molecular complexity index is 305. The topological polar surface area (TPSA) is 62.2 Å². The number of carboxylic acids is 1. The fourth-order valence-electron chi connectivity index (χ4n) is 0.923. The van der Waals surface area contributed by atoms with E-state index in [-0.39, 0.29) is 5.56 Å². The van der Waals surface area contributed by atoms with Crippen LogP contribution in [-0.4, -0.2) is 28.9 Å². The van der Waals surface area contributed by atoms with Crippen LogP contribution >= 0.6 is 12.6 Å². The zero-order valence-electron chi connectivity index (χ0n) is 8.90. The quantitative estimate of drug-likeness (QED) is 0.691. The number of aromatic nitrogens is 1. The van der Waals surface area contributed by atoms with E-state index >= 15 is 0 Å². The van der Waals surface area contributed by atoms with Gasteiger partial charge in [0.05, 0.1) is 11.3 Å². The molecule has 0 atom stereocenters. The van der Waals surface area contributed by atoms with Crippen LogP contribution in [0.5, 0.6) is 0 Å². The van der Waals surface area contributed by atoms with Gasteiger partial charge in [0.2, 0.25) is 0 Å². The molecule has 0 aliphatic carbocycles. The van der Waals surface area contributed by atoms with Gasteiger partial charge in [0.25, 0.3) is 0 Å². The molecule has 1 rings (SSSR count). The van der Waals surface area contributed by atoms with Crippen molar-refractivity contribution in [2.75, 3.05) is 18.1 Å². The highest BCUT2D eigenvalue weighted by atomic mass is 32.1. The van der Waals surface area contributed by atoms with Gasteiger partial charge in [-0.05, 0) is 18.7 Å². The van der Waals surface area contributed by atoms with Crippen LogP contribution in [0.3, 0.4) is 0 Å². The van der Waals surface area contributed by atoms with Crippen molar-refractivity contribution in [1.82, 2.24) is 4.98 Å². The lowest BCUT2D eigenvalue weighted by Gasteiger charge is -2.03. The Morgan fingerprint density at radius 3 is 2.73 bits per heavy atom. The van der Waals surface area contributed by atoms with Gasteiger partial charge in [-0.3, -0.25) is 4.98 Å². The molecule has 1 aromatic rings. The SMILES string of the molecule is CCCNc1cncc(C(=O)O)c1.CS. The van der Waals surface area contributed by atoms with Crippen molar-refractivity contribution >= 4 is 24.3 Å². The predicted octanol–water partition coefficient (Wildman–Crippen LogP) is 2.15. The third-order valence-corrected chi connectivity index (χ3v) is 1.56. The number of nitrogens with zero attached hydrogens (tertiary/aromatic N) is 1. The van der Waals surface area contributed by atoms with E-state index < -0.39 is 5.97 Å². The molecule has 84 valence electrons. The second-order valence-electron chi connectivity index (χ2n) is 2.69. The Labute approximate surface area is 95.1 Å². The van der Waals surface area contributed by atoms with Crippen molar-refractivity contribution < 1.29 is 9.90 Å². The first-order chi connectivity index (χ1) is 7.24. The number of carboxylic acid groups (broad SMARTS) is 1. The summed E-state index contributed by atoms with van der Waals surface area (Å²) in [5.74, 6) is -0.951. The maximum Gasteiger partial charge on any atom is 0.337 e. The highest BCUT2D eigenvalue weighted by Gasteiger charge is 2.02. The van der Waals surface area contributed by atoms with Crippen molar-refractivity contribution in [3.8, 4) is 0 Å². The van der Waals surface area contributed by atoms with Crippen LogP contribution < -0.4 is 5.32 Å². The van der Waals surface area contributed by atoms with Gasteiger partial charge in [-0.15, -0.1) is 0 Å². The van der Waals surface area contributed by atoms with E-state index in [4.69, 9.17) is 5.11 Å². The molecule has 0 saturated carbocycles. The molecule has 0 amide bonds. The summed E-state index contributed by atoms with van der Waals surface area (Å²) in [6.45, 7) is 2.87. The summed E-state index contributed by atoms with van der Waals surface area (Å²) in [5, 5.41) is 11.7. The minimum Gasteiger partial charge on any atom is -0.478 e. The van der Waals surface area contributed by atoms with Gasteiger partial charge in [0.15, 0.2) is 0 Å². The summed E-state index contributed by atoms with van der Waals surface area (Å²) in [5.41, 5.74) is 0.961. The van der Waals surface area contributed by atoms with Crippen LogP contribution in [-0.2, 0) is 0 Å². The van der Waals surface area contributed by atoms with Gasteiger partial charge >= 0.3 is 5.97 Å². The zero-order chi connectivity index (χ0) is 11.7. The maximum atomic E-state index is 10.6. The summed E-state index contributed by atoms with van der Waals surface area (Å²) in [4.78, 5) is 14.4. The Hall–Kier alpha value is -1.23. The number of aromatic carboxylic acids is 1. The lowest BCUT2D eigenvalue weighted by molar-refractivity contribution is 0.0696. The number of pyridine rings is 1. The van der Waals surface area contributed by atoms with Gasteiger partial charge in [0.1, 0.15) is 0 Å². The van der Waals surface area contributed by atoms with Crippen LogP contribution in [0.15, 0.2) is 18.5 Å². The molecule has 0 unspecified atom stereocenters. The van der Waals surface area contributed by atoms with Crippen molar-refractivity contribution in [3.05, 3.63) is 24.0 Å². The van der Waals surface area contributed by atoms with Crippen molar-refractivity contribution in [2.45, 2.75) is 13.3 Å². The molecule has 15 heavy (non-hydrogen) atoms. The number of hydrogen-bond donors (Lipinski definition) is 3. The average molecular weight is 228 g/mol. The van der Waals surface area contributed by atoms with E-state index in [2.05, 4.69) is 22.9 Å². The fraction of sp³-hybridized carbons (Fsp3) is 0.400. The molecular formula is C10H16N2O2S. The molecule has 5 heteroatoms. The van der Waals surface area contributed by atoms with Gasteiger partial charge < -0.3 is 10.4 Å². The second-order valence-corrected chi connectivity index (χ2v) is 2.69. The first kappa shape index (κ1) is 13.8. The van der Waals surface area contributed by atoms with Crippen LogP contribution in [0.1, 0.15) is 23.7 Å². The van der Waals surface area contributed by atoms with Crippen LogP contribution in [0, 0.1) is 0 Å². The number of anilines is 1. The van der Waals surface area contributed by atoms with Gasteiger partial charge in [0, 0.05) is 18.9 Å². The average Bonchev–Trinajstić information content (AvgIpc) is 2.29. The molecule has 2 N–H and O–H groups in total. The molecule has 0 bridgehead atoms. The molecule has 0 spiro atoms. The Morgan fingerprint density at radius 1 is 1.53 bits per heavy atom. The second kappa shape index (κ2) is 8.11. The predicted molar refractivity (Wildman–Crippen MR) is 64.9 cm³/mol. The zero-order valence-corrected chi connectivity index (χ0v) is 9.79. The van der Waals surface area contributed by atoms with E-state index in [0.29, 0.717) is 0 Å². The highest BCUT2D eigenvalue weighted by Crippen LogP contribution is 2.07. The Balaban J connectivity index is 0.000000921. The number of hydrogen-bond acceptors (Lipinski definition) is 4. The molecule has 0 saturated heterocycles. The Morgan fingerprint density at radius 2 is 2.20 bits per heavy atom. The minimum absolute atomic E-state index is 0.209. The van der Waals surface area contributed by atoms with Gasteiger partial charge in [-0.1, -0.05) is 6.92 Å². The number of carbonyl (C=O) groups is 1. The number of nitrogens with one attached hydrogen (secondary N) is 1. The van der Waals surface area contributed by atoms with E-state index in [9.17, 15) is 4.79 Å². The van der Waals surface area contributed by atoms with Crippen molar-refractivity contribution in [2.24, 2.45) is 0 Å². The standard InChI is InChI=1S/C9H12N2O2.CH4S/c1-2-3-11-8-4-7(9(12)13)5-10-6-8;1-2/h4-6,11H,2-3H2,1H3,(H,12,13);2H,1H3. The summed E-state index contributed by atoms with van der Waals surface area (Å²) in [6, 6.07) is 1.57. The first-order valence-corrected chi connectivity index (χ1v) is 5.50. The smallest absolute Gasteiger partial charge is 0.337 e. The first-order valence-electron chi connectivity index (χ1n) is 4.61. The molecule has 1 heterocycles. The molecule has 0 fully saturated rings. The summed E-state index contributed by atoms with van der Waals surface area (Å²) in [7, 11) is 0. The minimum atomic E-state index is -0.951. The van der Waals surface area contributed by atoms with Crippen LogP contribution in [0.2, 0.25) is 0 Å². The number of rotatable bonds is 4. The molecule has 1 aromatic heterocycles. The molecule has 0 aliphatic heterocycles. The van der Waals surface area contributed by atoms with Crippen LogP contribution in [0.25, 0.3) is 0 Å². The fourth-order valence-corrected chi connectivity index (χ4v) is 0.923. The molecule has 0 aromatic carbocycles. The monoisotopic (exact) mass is 228 g/mol. The number of thiol groups is 1. The van der Waals surface area contributed by atoms with Gasteiger partial charge in [-0.25, -0.2) is 4.79 Å². The summed E-state index contributed by atoms with van der Waals surface area (Å²) in [6.07, 6.45) is 5.64. The van der Waals surface area contributed by atoms with Crippen LogP contribution in [0.4, 0.5) is 5.69 Å². The van der Waals surface area contributed by atoms with Crippen molar-refractivity contribution in [3.63, 3.8) is 0 Å². The summed E-state index contributed by atoms with van der Waals surface area (Å²) < 4.78 is 0. The summed E-state index contributed by atoms with van der Waals surface area (Å²) >= 11 is 3.53.